The van der Waals surface area contributed by atoms with Gasteiger partial charge in [-0.15, -0.1) is 22.1 Å². The third kappa shape index (κ3) is 6.07. The van der Waals surface area contributed by atoms with E-state index < -0.39 is 11.9 Å². The summed E-state index contributed by atoms with van der Waals surface area (Å²) in [6.07, 6.45) is 1.93. The van der Waals surface area contributed by atoms with Crippen molar-refractivity contribution in [2.24, 2.45) is 5.92 Å². The Morgan fingerprint density at radius 3 is 1.73 bits per heavy atom. The summed E-state index contributed by atoms with van der Waals surface area (Å²) in [5.41, 5.74) is 13.0. The number of carbonyl (C=O) groups excluding carboxylic acids is 2. The fourth-order valence-electron chi connectivity index (χ4n) is 6.07. The van der Waals surface area contributed by atoms with E-state index in [0.29, 0.717) is 27.8 Å². The molecule has 5 rings (SSSR count). The number of carboxylic acids is 2. The summed E-state index contributed by atoms with van der Waals surface area (Å²) in [6.45, 7) is 16.2. The maximum Gasteiger partial charge on any atom is 2.00 e. The van der Waals surface area contributed by atoms with Crippen molar-refractivity contribution in [1.29, 1.82) is 0 Å². The molecule has 3 aromatic rings. The van der Waals surface area contributed by atoms with E-state index in [1.54, 1.807) is 6.08 Å². The van der Waals surface area contributed by atoms with Crippen molar-refractivity contribution in [2.75, 3.05) is 0 Å². The Hall–Kier alpha value is -4.20. The van der Waals surface area contributed by atoms with E-state index in [-0.39, 0.29) is 51.5 Å². The maximum absolute atomic E-state index is 11.4. The molecule has 0 atom stereocenters. The van der Waals surface area contributed by atoms with Crippen LogP contribution in [0, 0.1) is 19.8 Å². The largest absolute Gasteiger partial charge is 2.00 e. The molecule has 0 spiro atoms. The summed E-state index contributed by atoms with van der Waals surface area (Å²) < 4.78 is 0. The molecule has 228 valence electrons. The summed E-state index contributed by atoms with van der Waals surface area (Å²) in [5.74, 6) is -2.08. The first-order valence-corrected chi connectivity index (χ1v) is 14.5. The van der Waals surface area contributed by atoms with Gasteiger partial charge in [-0.1, -0.05) is 67.0 Å². The van der Waals surface area contributed by atoms with Crippen molar-refractivity contribution >= 4 is 56.3 Å². The minimum atomic E-state index is -1.15. The van der Waals surface area contributed by atoms with Crippen molar-refractivity contribution < 1.29 is 39.7 Å². The second-order valence-corrected chi connectivity index (χ2v) is 11.5. The van der Waals surface area contributed by atoms with Crippen LogP contribution in [0.3, 0.4) is 0 Å². The van der Waals surface area contributed by atoms with Crippen LogP contribution < -0.4 is 20.2 Å². The van der Waals surface area contributed by atoms with Gasteiger partial charge in [0.25, 0.3) is 0 Å². The van der Waals surface area contributed by atoms with Gasteiger partial charge in [-0.25, -0.2) is 9.97 Å². The van der Waals surface area contributed by atoms with Gasteiger partial charge in [-0.3, -0.25) is 0 Å². The van der Waals surface area contributed by atoms with E-state index in [4.69, 9.17) is 19.9 Å². The van der Waals surface area contributed by atoms with E-state index >= 15 is 0 Å². The fraction of sp³-hybridized carbons (Fsp3) is 0.314. The van der Waals surface area contributed by atoms with Gasteiger partial charge in [-0.2, -0.15) is 0 Å². The molecule has 44 heavy (non-hydrogen) atoms. The van der Waals surface area contributed by atoms with Crippen LogP contribution in [0.5, 0.6) is 0 Å². The molecule has 0 unspecified atom stereocenters. The van der Waals surface area contributed by atoms with Gasteiger partial charge < -0.3 is 29.8 Å². The van der Waals surface area contributed by atoms with Crippen molar-refractivity contribution in [3.05, 3.63) is 81.9 Å². The van der Waals surface area contributed by atoms with E-state index in [9.17, 15) is 19.8 Å². The number of allylic oxidation sites excluding steroid dienone is 5. The molecule has 2 aliphatic heterocycles. The monoisotopic (exact) mass is 632 g/mol. The Labute approximate surface area is 270 Å². The molecular weight excluding hydrogens is 596 g/mol. The Kier molecular flexibility index (Phi) is 9.52. The van der Waals surface area contributed by atoms with Crippen LogP contribution in [0.25, 0.3) is 44.4 Å². The van der Waals surface area contributed by atoms with Gasteiger partial charge in [-0.05, 0) is 82.1 Å². The predicted octanol–water partition coefficient (Wildman–Crippen LogP) is 4.48. The van der Waals surface area contributed by atoms with Crippen LogP contribution in [0.2, 0.25) is 0 Å². The molecule has 0 saturated heterocycles. The molecule has 9 heteroatoms. The second kappa shape index (κ2) is 12.8. The quantitative estimate of drug-likeness (QED) is 0.332. The zero-order valence-electron chi connectivity index (χ0n) is 27.8. The van der Waals surface area contributed by atoms with Crippen LogP contribution >= 0.6 is 0 Å². The molecule has 8 nitrogen and oxygen atoms in total. The van der Waals surface area contributed by atoms with Crippen LogP contribution in [0.1, 0.15) is 88.4 Å². The summed E-state index contributed by atoms with van der Waals surface area (Å²) >= 11 is 0. The molecule has 0 N–H and O–H groups in total. The molecular formula is C35H36FeN4O4. The van der Waals surface area contributed by atoms with Gasteiger partial charge in [0.1, 0.15) is 0 Å². The van der Waals surface area contributed by atoms with Crippen LogP contribution in [-0.2, 0) is 39.5 Å². The first-order valence-electron chi connectivity index (χ1n) is 14.5. The van der Waals surface area contributed by atoms with Gasteiger partial charge in [0.2, 0.25) is 0 Å². The normalized spacial score (nSPS) is 13.0. The molecule has 0 aromatic carbocycles. The van der Waals surface area contributed by atoms with E-state index in [0.717, 1.165) is 61.6 Å². The van der Waals surface area contributed by atoms with Crippen molar-refractivity contribution in [3.8, 4) is 0 Å². The Morgan fingerprint density at radius 2 is 1.25 bits per heavy atom. The van der Waals surface area contributed by atoms with E-state index in [2.05, 4.69) is 27.4 Å². The molecule has 3 aromatic heterocycles. The van der Waals surface area contributed by atoms with E-state index in [1.165, 1.54) is 0 Å². The third-order valence-corrected chi connectivity index (χ3v) is 8.42. The summed E-state index contributed by atoms with van der Waals surface area (Å²) in [6, 6.07) is 7.69. The van der Waals surface area contributed by atoms with Gasteiger partial charge >= 0.3 is 19.9 Å². The molecule has 0 radical (unpaired) electrons. The van der Waals surface area contributed by atoms with Gasteiger partial charge in [0.05, 0.1) is 22.8 Å². The minimum absolute atomic E-state index is 0. The zero-order chi connectivity index (χ0) is 31.2. The number of rotatable bonds is 8. The summed E-state index contributed by atoms with van der Waals surface area (Å²) in [7, 11) is 0. The first-order chi connectivity index (χ1) is 20.4. The first kappa shape index (κ1) is 32.7. The summed E-state index contributed by atoms with van der Waals surface area (Å²) in [4.78, 5) is 42.7. The number of aromatic nitrogens is 4. The number of aliphatic carboxylic acids is 2. The SMILES string of the molecule is C=CC1=C(C)c2cc3nc(cc4[n-]c(cc5[n-]c(cc1n2)c(C)c5CCC(=O)[O-])c(CCC(=O)[O-])c4C)C(C)=C3C(C)C.[Fe+2].[H+].[H+]. The molecule has 8 bridgehead atoms. The van der Waals surface area contributed by atoms with Crippen LogP contribution in [0.15, 0.2) is 36.9 Å². The number of carboxylic acid groups (broad SMARTS) is 2. The smallest absolute Gasteiger partial charge is 0.657 e. The summed E-state index contributed by atoms with van der Waals surface area (Å²) in [5, 5.41) is 22.9. The average molecular weight is 633 g/mol. The number of hydrogen-bond donors (Lipinski definition) is 0. The number of aryl methyl sites for hydroxylation is 4. The molecule has 0 aliphatic carbocycles. The molecule has 2 aliphatic rings. The second-order valence-electron chi connectivity index (χ2n) is 11.5. The van der Waals surface area contributed by atoms with E-state index in [1.807, 2.05) is 45.0 Å². The topological polar surface area (TPSA) is 134 Å². The number of carbonyl (C=O) groups is 2. The Bertz CT molecular complexity index is 1940. The van der Waals surface area contributed by atoms with Crippen LogP contribution in [-0.4, -0.2) is 21.9 Å². The molecule has 0 amide bonds. The number of hydrogen-bond acceptors (Lipinski definition) is 6. The van der Waals surface area contributed by atoms with Crippen molar-refractivity contribution in [3.63, 3.8) is 0 Å². The number of fused-ring (bicyclic) bond motifs is 8. The van der Waals surface area contributed by atoms with Crippen molar-refractivity contribution in [1.82, 2.24) is 19.9 Å². The Balaban J connectivity index is 0.00000245. The van der Waals surface area contributed by atoms with Crippen molar-refractivity contribution in [2.45, 2.75) is 67.2 Å². The van der Waals surface area contributed by atoms with Gasteiger partial charge in [0.15, 0.2) is 0 Å². The number of nitrogens with zero attached hydrogens (tertiary/aromatic N) is 4. The molecule has 0 fully saturated rings. The average Bonchev–Trinajstić information content (AvgIpc) is 3.59. The predicted molar refractivity (Wildman–Crippen MR) is 167 cm³/mol. The molecule has 0 saturated carbocycles. The molecule has 5 heterocycles. The third-order valence-electron chi connectivity index (χ3n) is 8.42. The zero-order valence-corrected chi connectivity index (χ0v) is 26.9. The maximum atomic E-state index is 11.4. The van der Waals surface area contributed by atoms with Gasteiger partial charge in [0, 0.05) is 17.5 Å². The standard InChI is InChI=1S/C35H38N4O4.Fe/c1-8-22-18(4)27-15-32-35(17(2)3)21(7)28(39-32)13-25-19(5)23(9-11-33(40)41)30(37-25)16-31-24(10-12-34(42)43)20(6)26(38-31)14-29(22)36-27;/h8,13-17H,1,9-12H2,2-7H3,(H4,36,37,38,39,40,41,42,43);/q;+2/p-2. The van der Waals surface area contributed by atoms with Crippen LogP contribution in [0.4, 0.5) is 0 Å². The Morgan fingerprint density at radius 1 is 0.773 bits per heavy atom. The minimum Gasteiger partial charge on any atom is -0.657 e. The fourth-order valence-corrected chi connectivity index (χ4v) is 6.07.